The van der Waals surface area contributed by atoms with Gasteiger partial charge in [-0.15, -0.1) is 0 Å². The largest absolute Gasteiger partial charge is 0.325 e. The smallest absolute Gasteiger partial charge is 0.225 e. The summed E-state index contributed by atoms with van der Waals surface area (Å²) in [5, 5.41) is 2.79. The zero-order chi connectivity index (χ0) is 16.8. The van der Waals surface area contributed by atoms with Crippen LogP contribution in [0.25, 0.3) is 0 Å². The summed E-state index contributed by atoms with van der Waals surface area (Å²) in [5.74, 6) is -0.199. The van der Waals surface area contributed by atoms with Gasteiger partial charge < -0.3 is 5.32 Å². The fourth-order valence-corrected chi connectivity index (χ4v) is 3.41. The van der Waals surface area contributed by atoms with E-state index in [4.69, 9.17) is 0 Å². The minimum atomic E-state index is -3.28. The van der Waals surface area contributed by atoms with Crippen LogP contribution in [-0.2, 0) is 14.8 Å². The van der Waals surface area contributed by atoms with Crippen LogP contribution in [-0.4, -0.2) is 38.0 Å². The first-order valence-corrected chi connectivity index (χ1v) is 9.89. The number of anilines is 1. The lowest BCUT2D eigenvalue weighted by atomic mass is 10.2. The molecule has 1 aromatic rings. The lowest BCUT2D eigenvalue weighted by Gasteiger charge is -2.19. The summed E-state index contributed by atoms with van der Waals surface area (Å²) >= 11 is 3.40. The van der Waals surface area contributed by atoms with Crippen molar-refractivity contribution in [2.24, 2.45) is 0 Å². The highest BCUT2D eigenvalue weighted by atomic mass is 79.9. The molecular formula is C15H23BrN2O3S. The van der Waals surface area contributed by atoms with Gasteiger partial charge in [0.05, 0.1) is 11.9 Å². The molecule has 0 aliphatic carbocycles. The maximum Gasteiger partial charge on any atom is 0.225 e. The van der Waals surface area contributed by atoms with Crippen molar-refractivity contribution in [2.75, 3.05) is 24.7 Å². The molecule has 1 aromatic carbocycles. The minimum absolute atomic E-state index is 0.136. The van der Waals surface area contributed by atoms with Crippen LogP contribution in [0.1, 0.15) is 31.7 Å². The van der Waals surface area contributed by atoms with E-state index in [2.05, 4.69) is 21.2 Å². The second kappa shape index (κ2) is 8.64. The van der Waals surface area contributed by atoms with Gasteiger partial charge in [-0.25, -0.2) is 12.7 Å². The Kier molecular flexibility index (Phi) is 7.52. The number of sulfonamides is 1. The molecule has 1 N–H and O–H groups in total. The van der Waals surface area contributed by atoms with E-state index in [0.717, 1.165) is 22.9 Å². The first-order chi connectivity index (χ1) is 10.2. The number of nitrogens with zero attached hydrogens (tertiary/aromatic N) is 1. The van der Waals surface area contributed by atoms with Crippen LogP contribution in [0, 0.1) is 6.92 Å². The maximum absolute atomic E-state index is 12.0. The zero-order valence-corrected chi connectivity index (χ0v) is 15.6. The highest BCUT2D eigenvalue weighted by molar-refractivity contribution is 9.10. The van der Waals surface area contributed by atoms with Crippen LogP contribution in [0.4, 0.5) is 5.69 Å². The van der Waals surface area contributed by atoms with E-state index < -0.39 is 10.0 Å². The maximum atomic E-state index is 12.0. The summed E-state index contributed by atoms with van der Waals surface area (Å²) < 4.78 is 25.5. The van der Waals surface area contributed by atoms with Crippen molar-refractivity contribution in [3.8, 4) is 0 Å². The topological polar surface area (TPSA) is 66.5 Å². The first kappa shape index (κ1) is 19.1. The molecule has 0 aliphatic rings. The molecule has 0 heterocycles. The van der Waals surface area contributed by atoms with Crippen LogP contribution in [0.3, 0.4) is 0 Å². The van der Waals surface area contributed by atoms with E-state index in [1.54, 1.807) is 0 Å². The number of carbonyl (C=O) groups excluding carboxylic acids is 1. The molecule has 0 unspecified atom stereocenters. The Balaban J connectivity index is 2.60. The molecule has 0 radical (unpaired) electrons. The van der Waals surface area contributed by atoms with Gasteiger partial charge in [0.2, 0.25) is 15.9 Å². The predicted octanol–water partition coefficient (Wildman–Crippen LogP) is 3.15. The number of hydrogen-bond donors (Lipinski definition) is 1. The van der Waals surface area contributed by atoms with Crippen molar-refractivity contribution in [3.05, 3.63) is 28.2 Å². The van der Waals surface area contributed by atoms with Crippen LogP contribution in [0.15, 0.2) is 22.7 Å². The van der Waals surface area contributed by atoms with Crippen molar-refractivity contribution in [2.45, 2.75) is 33.1 Å². The lowest BCUT2D eigenvalue weighted by molar-refractivity contribution is -0.116. The lowest BCUT2D eigenvalue weighted by Crippen LogP contribution is -2.33. The summed E-state index contributed by atoms with van der Waals surface area (Å²) in [7, 11) is -3.28. The van der Waals surface area contributed by atoms with Gasteiger partial charge in [-0.3, -0.25) is 4.79 Å². The number of amides is 1. The Morgan fingerprint density at radius 2 is 2.00 bits per heavy atom. The van der Waals surface area contributed by atoms with Crippen LogP contribution in [0.2, 0.25) is 0 Å². The molecule has 7 heteroatoms. The van der Waals surface area contributed by atoms with Gasteiger partial charge in [0.15, 0.2) is 0 Å². The Bertz CT molecular complexity index is 617. The van der Waals surface area contributed by atoms with E-state index in [9.17, 15) is 13.2 Å². The van der Waals surface area contributed by atoms with Crippen LogP contribution >= 0.6 is 15.9 Å². The molecule has 0 bridgehead atoms. The molecule has 5 nitrogen and oxygen atoms in total. The number of rotatable bonds is 8. The average molecular weight is 391 g/mol. The number of nitrogens with one attached hydrogen (secondary N) is 1. The summed E-state index contributed by atoms with van der Waals surface area (Å²) in [6, 6.07) is 5.65. The first-order valence-electron chi connectivity index (χ1n) is 7.25. The second-order valence-electron chi connectivity index (χ2n) is 5.30. The number of unbranched alkanes of at least 4 members (excludes halogenated alkanes) is 1. The summed E-state index contributed by atoms with van der Waals surface area (Å²) in [5.41, 5.74) is 1.78. The van der Waals surface area contributed by atoms with E-state index in [-0.39, 0.29) is 18.9 Å². The van der Waals surface area contributed by atoms with Gasteiger partial charge in [-0.05, 0) is 47.0 Å². The molecule has 22 heavy (non-hydrogen) atoms. The highest BCUT2D eigenvalue weighted by Gasteiger charge is 2.17. The van der Waals surface area contributed by atoms with Crippen molar-refractivity contribution >= 4 is 37.5 Å². The standard InChI is InChI=1S/C15H23BrN2O3S/c1-4-5-9-18(22(3,20)21)10-8-15(19)17-14-7-6-12(2)11-13(14)16/h6-7,11H,4-5,8-10H2,1-3H3,(H,17,19). The third kappa shape index (κ3) is 6.46. The minimum Gasteiger partial charge on any atom is -0.325 e. The van der Waals surface area contributed by atoms with Gasteiger partial charge >= 0.3 is 0 Å². The molecule has 0 saturated carbocycles. The van der Waals surface area contributed by atoms with Crippen molar-refractivity contribution < 1.29 is 13.2 Å². The molecule has 0 spiro atoms. The Hall–Kier alpha value is -0.920. The van der Waals surface area contributed by atoms with E-state index in [1.165, 1.54) is 10.6 Å². The van der Waals surface area contributed by atoms with Crippen LogP contribution in [0.5, 0.6) is 0 Å². The van der Waals surface area contributed by atoms with E-state index in [1.807, 2.05) is 32.0 Å². The fourth-order valence-electron chi connectivity index (χ4n) is 1.94. The van der Waals surface area contributed by atoms with Crippen molar-refractivity contribution in [1.82, 2.24) is 4.31 Å². The van der Waals surface area contributed by atoms with Gasteiger partial charge in [0.1, 0.15) is 0 Å². The predicted molar refractivity (Wildman–Crippen MR) is 93.5 cm³/mol. The number of carbonyl (C=O) groups is 1. The third-order valence-corrected chi connectivity index (χ3v) is 5.18. The fraction of sp³-hybridized carbons (Fsp3) is 0.533. The zero-order valence-electron chi connectivity index (χ0n) is 13.2. The van der Waals surface area contributed by atoms with Gasteiger partial charge in [0.25, 0.3) is 0 Å². The average Bonchev–Trinajstić information content (AvgIpc) is 2.40. The Labute approximate surface area is 141 Å². The highest BCUT2D eigenvalue weighted by Crippen LogP contribution is 2.23. The molecule has 0 saturated heterocycles. The molecule has 1 amide bonds. The molecule has 0 aromatic heterocycles. The van der Waals surface area contributed by atoms with Gasteiger partial charge in [-0.2, -0.15) is 0 Å². The third-order valence-electron chi connectivity index (χ3n) is 3.22. The monoisotopic (exact) mass is 390 g/mol. The van der Waals surface area contributed by atoms with Gasteiger partial charge in [0, 0.05) is 24.0 Å². The van der Waals surface area contributed by atoms with Crippen molar-refractivity contribution in [1.29, 1.82) is 0 Å². The molecule has 0 fully saturated rings. The molecule has 0 aliphatic heterocycles. The van der Waals surface area contributed by atoms with Crippen LogP contribution < -0.4 is 5.32 Å². The van der Waals surface area contributed by atoms with Crippen molar-refractivity contribution in [3.63, 3.8) is 0 Å². The second-order valence-corrected chi connectivity index (χ2v) is 8.13. The Morgan fingerprint density at radius 1 is 1.32 bits per heavy atom. The van der Waals surface area contributed by atoms with E-state index >= 15 is 0 Å². The molecular weight excluding hydrogens is 368 g/mol. The number of benzene rings is 1. The Morgan fingerprint density at radius 3 is 2.55 bits per heavy atom. The quantitative estimate of drug-likeness (QED) is 0.740. The molecule has 0 atom stereocenters. The normalized spacial score (nSPS) is 11.7. The summed E-state index contributed by atoms with van der Waals surface area (Å²) in [6.07, 6.45) is 3.01. The number of aryl methyl sites for hydroxylation is 1. The van der Waals surface area contributed by atoms with Gasteiger partial charge in [-0.1, -0.05) is 19.4 Å². The SMILES string of the molecule is CCCCN(CCC(=O)Nc1ccc(C)cc1Br)S(C)(=O)=O. The number of hydrogen-bond acceptors (Lipinski definition) is 3. The summed E-state index contributed by atoms with van der Waals surface area (Å²) in [6.45, 7) is 4.63. The molecule has 124 valence electrons. The molecule has 1 rings (SSSR count). The summed E-state index contributed by atoms with van der Waals surface area (Å²) in [4.78, 5) is 12.0. The van der Waals surface area contributed by atoms with E-state index in [0.29, 0.717) is 12.2 Å². The number of halogens is 1.